The molecule has 0 aromatic carbocycles. The lowest BCUT2D eigenvalue weighted by molar-refractivity contribution is 0.0880. The van der Waals surface area contributed by atoms with Crippen LogP contribution in [0.25, 0.3) is 0 Å². The van der Waals surface area contributed by atoms with E-state index in [0.29, 0.717) is 6.04 Å². The smallest absolute Gasteiger partial charge is 0.0351 e. The normalized spacial score (nSPS) is 14.1. The second kappa shape index (κ2) is 7.27. The molecule has 1 atom stereocenters. The van der Waals surface area contributed by atoms with Crippen LogP contribution in [0.3, 0.4) is 0 Å². The van der Waals surface area contributed by atoms with Gasteiger partial charge in [0.05, 0.1) is 0 Å². The maximum atomic E-state index is 3.55. The van der Waals surface area contributed by atoms with Crippen LogP contribution in [-0.2, 0) is 6.42 Å². The molecule has 0 bridgehead atoms. The quantitative estimate of drug-likeness (QED) is 0.777. The van der Waals surface area contributed by atoms with E-state index in [1.54, 1.807) is 0 Å². The zero-order valence-electron chi connectivity index (χ0n) is 12.5. The summed E-state index contributed by atoms with van der Waals surface area (Å²) in [5.41, 5.74) is 0.270. The summed E-state index contributed by atoms with van der Waals surface area (Å²) in [6, 6.07) is 4.93. The van der Waals surface area contributed by atoms with E-state index in [4.69, 9.17) is 0 Å². The van der Waals surface area contributed by atoms with Crippen LogP contribution in [0.5, 0.6) is 0 Å². The summed E-state index contributed by atoms with van der Waals surface area (Å²) in [4.78, 5) is 3.90. The summed E-state index contributed by atoms with van der Waals surface area (Å²) < 4.78 is 0. The molecule has 0 fully saturated rings. The maximum Gasteiger partial charge on any atom is 0.0351 e. The predicted octanol–water partition coefficient (Wildman–Crippen LogP) is 3.39. The van der Waals surface area contributed by atoms with Gasteiger partial charge in [0.2, 0.25) is 0 Å². The van der Waals surface area contributed by atoms with Crippen LogP contribution >= 0.6 is 11.3 Å². The van der Waals surface area contributed by atoms with Crippen molar-refractivity contribution in [2.75, 3.05) is 21.1 Å². The molecule has 0 spiro atoms. The van der Waals surface area contributed by atoms with Gasteiger partial charge in [-0.15, -0.1) is 11.3 Å². The van der Waals surface area contributed by atoms with Gasteiger partial charge in [0.25, 0.3) is 0 Å². The number of aryl methyl sites for hydroxylation is 1. The molecule has 1 heterocycles. The van der Waals surface area contributed by atoms with Crippen molar-refractivity contribution >= 4 is 11.3 Å². The van der Waals surface area contributed by atoms with Crippen LogP contribution in [-0.4, -0.2) is 37.6 Å². The maximum absolute atomic E-state index is 3.55. The van der Waals surface area contributed by atoms with Crippen molar-refractivity contribution in [1.29, 1.82) is 0 Å². The fraction of sp³-hybridized carbons (Fsp3) is 0.733. The second-order valence-corrected chi connectivity index (χ2v) is 6.20. The summed E-state index contributed by atoms with van der Waals surface area (Å²) in [7, 11) is 6.52. The Morgan fingerprint density at radius 3 is 2.39 bits per heavy atom. The van der Waals surface area contributed by atoms with Crippen LogP contribution in [0.1, 0.15) is 38.0 Å². The van der Waals surface area contributed by atoms with Crippen molar-refractivity contribution < 1.29 is 0 Å². The highest BCUT2D eigenvalue weighted by atomic mass is 32.1. The van der Waals surface area contributed by atoms with E-state index < -0.39 is 0 Å². The third-order valence-electron chi connectivity index (χ3n) is 4.37. The van der Waals surface area contributed by atoms with E-state index in [-0.39, 0.29) is 5.54 Å². The van der Waals surface area contributed by atoms with Crippen LogP contribution in [0.2, 0.25) is 0 Å². The average molecular weight is 268 g/mol. The first kappa shape index (κ1) is 15.7. The summed E-state index contributed by atoms with van der Waals surface area (Å²) in [6.07, 6.45) is 4.76. The highest BCUT2D eigenvalue weighted by Gasteiger charge is 2.36. The molecule has 3 heteroatoms. The molecule has 1 unspecified atom stereocenters. The van der Waals surface area contributed by atoms with Crippen molar-refractivity contribution in [3.05, 3.63) is 22.4 Å². The van der Waals surface area contributed by atoms with E-state index in [1.165, 1.54) is 30.6 Å². The summed E-state index contributed by atoms with van der Waals surface area (Å²) in [5.74, 6) is 0. The number of thiophene rings is 1. The zero-order chi connectivity index (χ0) is 13.6. The molecule has 1 aromatic rings. The minimum absolute atomic E-state index is 0.270. The molecule has 0 aliphatic carbocycles. The molecular formula is C15H28N2S. The van der Waals surface area contributed by atoms with Crippen LogP contribution in [0.15, 0.2) is 17.5 Å². The summed E-state index contributed by atoms with van der Waals surface area (Å²) in [6.45, 7) is 4.61. The molecule has 0 radical (unpaired) electrons. The number of hydrogen-bond donors (Lipinski definition) is 1. The average Bonchev–Trinajstić information content (AvgIpc) is 2.87. The Morgan fingerprint density at radius 1 is 1.33 bits per heavy atom. The van der Waals surface area contributed by atoms with Crippen molar-refractivity contribution in [2.24, 2.45) is 0 Å². The SMILES string of the molecule is CCC(CC)(C(CCc1cccs1)NC)N(C)C. The highest BCUT2D eigenvalue weighted by molar-refractivity contribution is 7.09. The Balaban J connectivity index is 2.73. The Morgan fingerprint density at radius 2 is 2.00 bits per heavy atom. The van der Waals surface area contributed by atoms with E-state index >= 15 is 0 Å². The van der Waals surface area contributed by atoms with E-state index in [1.807, 2.05) is 11.3 Å². The fourth-order valence-corrected chi connectivity index (χ4v) is 3.83. The Bertz CT molecular complexity index is 315. The molecule has 0 saturated heterocycles. The largest absolute Gasteiger partial charge is 0.315 e. The lowest BCUT2D eigenvalue weighted by atomic mass is 9.81. The lowest BCUT2D eigenvalue weighted by Crippen LogP contribution is -2.57. The number of nitrogens with one attached hydrogen (secondary N) is 1. The zero-order valence-corrected chi connectivity index (χ0v) is 13.3. The monoisotopic (exact) mass is 268 g/mol. The molecule has 0 aliphatic rings. The lowest BCUT2D eigenvalue weighted by Gasteiger charge is -2.45. The molecule has 0 saturated carbocycles. The van der Waals surface area contributed by atoms with Crippen molar-refractivity contribution in [3.8, 4) is 0 Å². The molecule has 1 N–H and O–H groups in total. The van der Waals surface area contributed by atoms with Crippen molar-refractivity contribution in [3.63, 3.8) is 0 Å². The second-order valence-electron chi connectivity index (χ2n) is 5.16. The first-order chi connectivity index (χ1) is 8.60. The number of rotatable bonds is 8. The fourth-order valence-electron chi connectivity index (χ4n) is 3.11. The molecule has 0 amide bonds. The van der Waals surface area contributed by atoms with Gasteiger partial charge >= 0.3 is 0 Å². The van der Waals surface area contributed by atoms with Crippen LogP contribution < -0.4 is 5.32 Å². The van der Waals surface area contributed by atoms with Gasteiger partial charge in [0.1, 0.15) is 0 Å². The minimum atomic E-state index is 0.270. The van der Waals surface area contributed by atoms with Gasteiger partial charge in [-0.25, -0.2) is 0 Å². The molecule has 1 rings (SSSR count). The van der Waals surface area contributed by atoms with Gasteiger partial charge in [0, 0.05) is 16.5 Å². The van der Waals surface area contributed by atoms with Gasteiger partial charge in [-0.3, -0.25) is 0 Å². The van der Waals surface area contributed by atoms with Gasteiger partial charge in [0.15, 0.2) is 0 Å². The van der Waals surface area contributed by atoms with Crippen molar-refractivity contribution in [1.82, 2.24) is 10.2 Å². The standard InChI is InChI=1S/C15H28N2S/c1-6-15(7-2,17(4)5)14(16-3)11-10-13-9-8-12-18-13/h8-9,12,14,16H,6-7,10-11H2,1-5H3. The minimum Gasteiger partial charge on any atom is -0.315 e. The van der Waals surface area contributed by atoms with Gasteiger partial charge in [-0.1, -0.05) is 19.9 Å². The third-order valence-corrected chi connectivity index (χ3v) is 5.31. The Labute approximate surface area is 116 Å². The topological polar surface area (TPSA) is 15.3 Å². The van der Waals surface area contributed by atoms with E-state index in [9.17, 15) is 0 Å². The summed E-state index contributed by atoms with van der Waals surface area (Å²) in [5, 5.41) is 5.72. The number of nitrogens with zero attached hydrogens (tertiary/aromatic N) is 1. The first-order valence-electron chi connectivity index (χ1n) is 6.97. The highest BCUT2D eigenvalue weighted by Crippen LogP contribution is 2.28. The molecule has 18 heavy (non-hydrogen) atoms. The molecule has 2 nitrogen and oxygen atoms in total. The van der Waals surface area contributed by atoms with Gasteiger partial charge in [-0.2, -0.15) is 0 Å². The molecule has 0 aliphatic heterocycles. The van der Waals surface area contributed by atoms with E-state index in [0.717, 1.165) is 0 Å². The van der Waals surface area contributed by atoms with Crippen molar-refractivity contribution in [2.45, 2.75) is 51.1 Å². The van der Waals surface area contributed by atoms with Gasteiger partial charge < -0.3 is 10.2 Å². The Kier molecular flexibility index (Phi) is 6.33. The summed E-state index contributed by atoms with van der Waals surface area (Å²) >= 11 is 1.87. The van der Waals surface area contributed by atoms with Crippen LogP contribution in [0, 0.1) is 0 Å². The Hall–Kier alpha value is -0.380. The first-order valence-corrected chi connectivity index (χ1v) is 7.85. The number of hydrogen-bond acceptors (Lipinski definition) is 3. The van der Waals surface area contributed by atoms with Crippen LogP contribution in [0.4, 0.5) is 0 Å². The third kappa shape index (κ3) is 3.34. The molecular weight excluding hydrogens is 240 g/mol. The molecule has 104 valence electrons. The van der Waals surface area contributed by atoms with E-state index in [2.05, 4.69) is 62.7 Å². The number of likely N-dealkylation sites (N-methyl/N-ethyl adjacent to an activating group) is 2. The van der Waals surface area contributed by atoms with Gasteiger partial charge in [-0.05, 0) is 58.3 Å². The molecule has 1 aromatic heterocycles. The predicted molar refractivity (Wildman–Crippen MR) is 82.5 cm³/mol.